The average Bonchev–Trinajstić information content (AvgIpc) is 2.85. The first-order valence-corrected chi connectivity index (χ1v) is 3.87. The fourth-order valence-corrected chi connectivity index (χ4v) is 1.33. The summed E-state index contributed by atoms with van der Waals surface area (Å²) >= 11 is 0. The van der Waals surface area contributed by atoms with Crippen LogP contribution < -0.4 is 0 Å². The van der Waals surface area contributed by atoms with Gasteiger partial charge < -0.3 is 19.3 Å². The van der Waals surface area contributed by atoms with Crippen LogP contribution in [0.4, 0.5) is 0 Å². The van der Waals surface area contributed by atoms with Crippen LogP contribution in [0, 0.1) is 0 Å². The summed E-state index contributed by atoms with van der Waals surface area (Å²) in [5.41, 5.74) is 0. The molecule has 0 radical (unpaired) electrons. The van der Waals surface area contributed by atoms with E-state index in [1.165, 1.54) is 0 Å². The molecule has 0 aromatic heterocycles. The van der Waals surface area contributed by atoms with Crippen LogP contribution in [-0.2, 0) is 14.2 Å². The van der Waals surface area contributed by atoms with Crippen LogP contribution in [0.1, 0.15) is 0 Å². The van der Waals surface area contributed by atoms with Gasteiger partial charge in [-0.25, -0.2) is 0 Å². The Morgan fingerprint density at radius 3 is 2.82 bits per heavy atom. The third kappa shape index (κ3) is 1.54. The fourth-order valence-electron chi connectivity index (χ4n) is 1.33. The number of aliphatic hydroxyl groups excluding tert-OH is 1. The Bertz CT molecular complexity index is 132. The van der Waals surface area contributed by atoms with Gasteiger partial charge in [0.1, 0.15) is 18.3 Å². The second-order valence-electron chi connectivity index (χ2n) is 2.81. The van der Waals surface area contributed by atoms with E-state index in [0.717, 1.165) is 0 Å². The topological polar surface area (TPSA) is 51.2 Å². The molecular weight excluding hydrogens is 148 g/mol. The molecule has 0 saturated carbocycles. The van der Waals surface area contributed by atoms with Crippen molar-refractivity contribution in [3.8, 4) is 0 Å². The summed E-state index contributed by atoms with van der Waals surface area (Å²) in [5, 5.41) is 8.69. The highest BCUT2D eigenvalue weighted by Crippen LogP contribution is 2.27. The number of hydrogen-bond acceptors (Lipinski definition) is 4. The Morgan fingerprint density at radius 2 is 2.27 bits per heavy atom. The Labute approximate surface area is 65.1 Å². The molecule has 64 valence electrons. The second-order valence-corrected chi connectivity index (χ2v) is 2.81. The number of aliphatic hydroxyl groups is 1. The maximum absolute atomic E-state index is 8.69. The standard InChI is InChI=1S/C7H12O4/c8-3-5-7(11-5)6-4-9-1-2-10-6/h5-8H,1-4H2. The van der Waals surface area contributed by atoms with Crippen molar-refractivity contribution in [2.24, 2.45) is 0 Å². The van der Waals surface area contributed by atoms with E-state index in [4.69, 9.17) is 19.3 Å². The maximum atomic E-state index is 8.69. The third-order valence-corrected chi connectivity index (χ3v) is 2.01. The normalized spacial score (nSPS) is 43.9. The van der Waals surface area contributed by atoms with Gasteiger partial charge in [0.15, 0.2) is 0 Å². The lowest BCUT2D eigenvalue weighted by molar-refractivity contribution is -0.0967. The van der Waals surface area contributed by atoms with Crippen LogP contribution >= 0.6 is 0 Å². The minimum Gasteiger partial charge on any atom is -0.394 e. The fraction of sp³-hybridized carbons (Fsp3) is 1.00. The minimum atomic E-state index is -0.0123. The van der Waals surface area contributed by atoms with Gasteiger partial charge in [0, 0.05) is 0 Å². The summed E-state index contributed by atoms with van der Waals surface area (Å²) in [6, 6.07) is 0. The molecule has 4 heteroatoms. The van der Waals surface area contributed by atoms with E-state index in [2.05, 4.69) is 0 Å². The molecular formula is C7H12O4. The zero-order chi connectivity index (χ0) is 7.68. The zero-order valence-electron chi connectivity index (χ0n) is 6.23. The van der Waals surface area contributed by atoms with Crippen molar-refractivity contribution in [2.75, 3.05) is 26.4 Å². The summed E-state index contributed by atoms with van der Waals surface area (Å²) in [7, 11) is 0. The van der Waals surface area contributed by atoms with Gasteiger partial charge in [0.25, 0.3) is 0 Å². The van der Waals surface area contributed by atoms with Crippen molar-refractivity contribution in [1.82, 2.24) is 0 Å². The van der Waals surface area contributed by atoms with Crippen LogP contribution in [0.15, 0.2) is 0 Å². The molecule has 0 bridgehead atoms. The number of rotatable bonds is 2. The van der Waals surface area contributed by atoms with E-state index < -0.39 is 0 Å². The van der Waals surface area contributed by atoms with Crippen LogP contribution in [0.2, 0.25) is 0 Å². The van der Waals surface area contributed by atoms with E-state index >= 15 is 0 Å². The van der Waals surface area contributed by atoms with Gasteiger partial charge in [-0.3, -0.25) is 0 Å². The molecule has 2 saturated heterocycles. The van der Waals surface area contributed by atoms with Crippen LogP contribution in [0.3, 0.4) is 0 Å². The van der Waals surface area contributed by atoms with Crippen LogP contribution in [0.25, 0.3) is 0 Å². The van der Waals surface area contributed by atoms with E-state index in [1.807, 2.05) is 0 Å². The molecule has 0 aliphatic carbocycles. The summed E-state index contributed by atoms with van der Waals surface area (Å²) in [6.07, 6.45) is 0.0999. The van der Waals surface area contributed by atoms with Crippen molar-refractivity contribution < 1.29 is 19.3 Å². The van der Waals surface area contributed by atoms with Gasteiger partial charge >= 0.3 is 0 Å². The van der Waals surface area contributed by atoms with Gasteiger partial charge in [0.05, 0.1) is 26.4 Å². The Hall–Kier alpha value is -0.160. The molecule has 0 amide bonds. The molecule has 0 spiro atoms. The summed E-state index contributed by atoms with van der Waals surface area (Å²) in [4.78, 5) is 0. The SMILES string of the molecule is OCC1OC1C1COCCO1. The van der Waals surface area contributed by atoms with Crippen LogP contribution in [0.5, 0.6) is 0 Å². The molecule has 3 atom stereocenters. The molecule has 0 aromatic carbocycles. The molecule has 2 aliphatic rings. The average molecular weight is 160 g/mol. The van der Waals surface area contributed by atoms with Crippen molar-refractivity contribution in [3.05, 3.63) is 0 Å². The molecule has 1 N–H and O–H groups in total. The molecule has 0 aromatic rings. The molecule has 4 nitrogen and oxygen atoms in total. The maximum Gasteiger partial charge on any atom is 0.115 e. The third-order valence-electron chi connectivity index (χ3n) is 2.01. The lowest BCUT2D eigenvalue weighted by atomic mass is 10.2. The van der Waals surface area contributed by atoms with E-state index in [0.29, 0.717) is 19.8 Å². The molecule has 2 aliphatic heterocycles. The molecule has 2 heterocycles. The van der Waals surface area contributed by atoms with Crippen molar-refractivity contribution >= 4 is 0 Å². The minimum absolute atomic E-state index is 0.0123. The highest BCUT2D eigenvalue weighted by molar-refractivity contribution is 4.91. The first kappa shape index (κ1) is 7.49. The Kier molecular flexibility index (Phi) is 2.09. The molecule has 2 fully saturated rings. The van der Waals surface area contributed by atoms with E-state index in [9.17, 15) is 0 Å². The lowest BCUT2D eigenvalue weighted by Crippen LogP contribution is -2.34. The van der Waals surface area contributed by atoms with Gasteiger partial charge in [-0.2, -0.15) is 0 Å². The molecule has 3 unspecified atom stereocenters. The number of hydrogen-bond donors (Lipinski definition) is 1. The largest absolute Gasteiger partial charge is 0.394 e. The monoisotopic (exact) mass is 160 g/mol. The van der Waals surface area contributed by atoms with Crippen LogP contribution in [-0.4, -0.2) is 49.8 Å². The van der Waals surface area contributed by atoms with Gasteiger partial charge in [-0.1, -0.05) is 0 Å². The predicted molar refractivity (Wildman–Crippen MR) is 36.3 cm³/mol. The molecule has 2 rings (SSSR count). The Balaban J connectivity index is 1.77. The van der Waals surface area contributed by atoms with Gasteiger partial charge in [-0.05, 0) is 0 Å². The predicted octanol–water partition coefficient (Wildman–Crippen LogP) is -0.839. The number of ether oxygens (including phenoxy) is 3. The molecule has 11 heavy (non-hydrogen) atoms. The smallest absolute Gasteiger partial charge is 0.115 e. The zero-order valence-corrected chi connectivity index (χ0v) is 6.23. The van der Waals surface area contributed by atoms with Gasteiger partial charge in [-0.15, -0.1) is 0 Å². The lowest BCUT2D eigenvalue weighted by Gasteiger charge is -2.21. The second kappa shape index (κ2) is 3.06. The highest BCUT2D eigenvalue weighted by atomic mass is 16.6. The van der Waals surface area contributed by atoms with E-state index in [1.54, 1.807) is 0 Å². The van der Waals surface area contributed by atoms with Crippen molar-refractivity contribution in [2.45, 2.75) is 18.3 Å². The van der Waals surface area contributed by atoms with Crippen molar-refractivity contribution in [1.29, 1.82) is 0 Å². The first-order chi connectivity index (χ1) is 5.42. The van der Waals surface area contributed by atoms with E-state index in [-0.39, 0.29) is 24.9 Å². The van der Waals surface area contributed by atoms with Crippen molar-refractivity contribution in [3.63, 3.8) is 0 Å². The summed E-state index contributed by atoms with van der Waals surface area (Å²) in [6.45, 7) is 2.00. The first-order valence-electron chi connectivity index (χ1n) is 3.87. The quantitative estimate of drug-likeness (QED) is 0.535. The number of epoxide rings is 1. The van der Waals surface area contributed by atoms with Gasteiger partial charge in [0.2, 0.25) is 0 Å². The Morgan fingerprint density at radius 1 is 1.36 bits per heavy atom. The highest BCUT2D eigenvalue weighted by Gasteiger charge is 2.45. The summed E-state index contributed by atoms with van der Waals surface area (Å²) < 4.78 is 15.7. The summed E-state index contributed by atoms with van der Waals surface area (Å²) in [5.74, 6) is 0.